The zero-order chi connectivity index (χ0) is 21.7. The maximum absolute atomic E-state index is 14.5. The molecule has 0 saturated carbocycles. The predicted molar refractivity (Wildman–Crippen MR) is 120 cm³/mol. The summed E-state index contributed by atoms with van der Waals surface area (Å²) in [5.41, 5.74) is 3.98. The molecule has 30 heavy (non-hydrogen) atoms. The number of benzene rings is 1. The van der Waals surface area contributed by atoms with Crippen molar-refractivity contribution in [1.29, 1.82) is 0 Å². The minimum atomic E-state index is -0.394. The second kappa shape index (κ2) is 9.26. The number of nitrogens with zero attached hydrogens (tertiary/aromatic N) is 4. The molecule has 0 aliphatic carbocycles. The van der Waals surface area contributed by atoms with Gasteiger partial charge in [-0.05, 0) is 49.3 Å². The van der Waals surface area contributed by atoms with Crippen LogP contribution in [0.3, 0.4) is 0 Å². The van der Waals surface area contributed by atoms with Gasteiger partial charge in [0.1, 0.15) is 34.9 Å². The lowest BCUT2D eigenvalue weighted by molar-refractivity contribution is 0.419. The Morgan fingerprint density at radius 3 is 2.73 bits per heavy atom. The summed E-state index contributed by atoms with van der Waals surface area (Å²) in [6.45, 7) is 8.23. The average molecular weight is 405 g/mol. The summed E-state index contributed by atoms with van der Waals surface area (Å²) in [5.74, 6) is 0.723. The van der Waals surface area contributed by atoms with Gasteiger partial charge < -0.3 is 10.1 Å². The van der Waals surface area contributed by atoms with Crippen molar-refractivity contribution in [3.05, 3.63) is 66.4 Å². The number of halogens is 1. The number of rotatable bonds is 7. The highest BCUT2D eigenvalue weighted by Crippen LogP contribution is 2.34. The van der Waals surface area contributed by atoms with E-state index < -0.39 is 5.82 Å². The topological polar surface area (TPSA) is 72.3 Å². The van der Waals surface area contributed by atoms with E-state index in [2.05, 4.69) is 31.8 Å². The maximum Gasteiger partial charge on any atom is 0.149 e. The minimum Gasteiger partial charge on any atom is -0.494 e. The van der Waals surface area contributed by atoms with Crippen LogP contribution in [0.4, 0.5) is 10.2 Å². The molecular formula is C23H24FN5O. The summed E-state index contributed by atoms with van der Waals surface area (Å²) >= 11 is 0. The van der Waals surface area contributed by atoms with Gasteiger partial charge in [-0.2, -0.15) is 0 Å². The van der Waals surface area contributed by atoms with Gasteiger partial charge in [-0.3, -0.25) is 9.98 Å². The highest BCUT2D eigenvalue weighted by atomic mass is 19.1. The highest BCUT2D eigenvalue weighted by molar-refractivity contribution is 5.96. The first-order chi connectivity index (χ1) is 14.4. The SMILES string of the molecule is C=C(/C=C\C(C)=NC)CNc1ncnc2c(OC)cc(-c3ncc(C)cc3F)cc12. The van der Waals surface area contributed by atoms with Gasteiger partial charge in [0.05, 0.1) is 7.11 Å². The monoisotopic (exact) mass is 405 g/mol. The third-order valence-electron chi connectivity index (χ3n) is 4.57. The maximum atomic E-state index is 14.5. The minimum absolute atomic E-state index is 0.247. The molecule has 0 radical (unpaired) electrons. The number of aliphatic imine (C=N–C) groups is 1. The Bertz CT molecular complexity index is 1150. The number of hydrogen-bond acceptors (Lipinski definition) is 6. The van der Waals surface area contributed by atoms with Crippen LogP contribution >= 0.6 is 0 Å². The molecule has 2 heterocycles. The number of pyridine rings is 1. The molecule has 154 valence electrons. The fourth-order valence-corrected chi connectivity index (χ4v) is 2.88. The van der Waals surface area contributed by atoms with Gasteiger partial charge in [-0.25, -0.2) is 14.4 Å². The van der Waals surface area contributed by atoms with Crippen LogP contribution in [-0.4, -0.2) is 41.4 Å². The van der Waals surface area contributed by atoms with Crippen molar-refractivity contribution >= 4 is 22.4 Å². The normalized spacial score (nSPS) is 11.8. The molecule has 0 bridgehead atoms. The molecule has 2 aromatic heterocycles. The number of hydrogen-bond donors (Lipinski definition) is 1. The van der Waals surface area contributed by atoms with Gasteiger partial charge in [-0.1, -0.05) is 12.7 Å². The standard InChI is InChI=1S/C23H24FN5O/c1-14(6-7-16(3)25-4)11-27-23-18-9-17(21-19(24)8-15(2)12-26-21)10-20(30-5)22(18)28-13-29-23/h6-10,12-13H,1,11H2,2-5H3,(H,27,28,29)/b7-6-,25-16?. The first-order valence-corrected chi connectivity index (χ1v) is 9.41. The number of nitrogens with one attached hydrogen (secondary N) is 1. The Morgan fingerprint density at radius 1 is 1.23 bits per heavy atom. The molecule has 0 spiro atoms. The molecule has 1 N–H and O–H groups in total. The summed E-state index contributed by atoms with van der Waals surface area (Å²) in [4.78, 5) is 17.0. The van der Waals surface area contributed by atoms with Gasteiger partial charge in [0.2, 0.25) is 0 Å². The molecular weight excluding hydrogens is 381 g/mol. The van der Waals surface area contributed by atoms with Crippen LogP contribution in [0.15, 0.2) is 60.0 Å². The Morgan fingerprint density at radius 2 is 2.03 bits per heavy atom. The molecule has 0 atom stereocenters. The second-order valence-electron chi connectivity index (χ2n) is 6.85. The molecule has 0 amide bonds. The van der Waals surface area contributed by atoms with E-state index in [1.54, 1.807) is 33.3 Å². The molecule has 0 aliphatic rings. The third-order valence-corrected chi connectivity index (χ3v) is 4.57. The largest absolute Gasteiger partial charge is 0.494 e. The van der Waals surface area contributed by atoms with E-state index in [1.807, 2.05) is 25.1 Å². The molecule has 0 aliphatic heterocycles. The lowest BCUT2D eigenvalue weighted by atomic mass is 10.1. The van der Waals surface area contributed by atoms with Crippen LogP contribution < -0.4 is 10.1 Å². The first-order valence-electron chi connectivity index (χ1n) is 9.41. The summed E-state index contributed by atoms with van der Waals surface area (Å²) in [5, 5.41) is 3.98. The number of aromatic nitrogens is 3. The van der Waals surface area contributed by atoms with Crippen molar-refractivity contribution in [3.63, 3.8) is 0 Å². The molecule has 3 rings (SSSR count). The fourth-order valence-electron chi connectivity index (χ4n) is 2.88. The summed E-state index contributed by atoms with van der Waals surface area (Å²) in [7, 11) is 3.29. The molecule has 1 aromatic carbocycles. The smallest absolute Gasteiger partial charge is 0.149 e. The van der Waals surface area contributed by atoms with E-state index >= 15 is 0 Å². The highest BCUT2D eigenvalue weighted by Gasteiger charge is 2.15. The quantitative estimate of drug-likeness (QED) is 0.453. The number of fused-ring (bicyclic) bond motifs is 1. The van der Waals surface area contributed by atoms with E-state index in [1.165, 1.54) is 12.4 Å². The van der Waals surface area contributed by atoms with Crippen molar-refractivity contribution in [2.24, 2.45) is 4.99 Å². The van der Waals surface area contributed by atoms with Gasteiger partial charge in [0.25, 0.3) is 0 Å². The van der Waals surface area contributed by atoms with Crippen molar-refractivity contribution in [2.45, 2.75) is 13.8 Å². The first kappa shape index (κ1) is 21.1. The van der Waals surface area contributed by atoms with Gasteiger partial charge in [0.15, 0.2) is 0 Å². The Balaban J connectivity index is 2.00. The molecule has 0 fully saturated rings. The van der Waals surface area contributed by atoms with Crippen molar-refractivity contribution in [3.8, 4) is 17.0 Å². The third kappa shape index (κ3) is 4.68. The fraction of sp³-hybridized carbons (Fsp3) is 0.217. The van der Waals surface area contributed by atoms with Gasteiger partial charge >= 0.3 is 0 Å². The number of anilines is 1. The summed E-state index contributed by atoms with van der Waals surface area (Å²) < 4.78 is 20.0. The number of allylic oxidation sites excluding steroid dienone is 1. The Hall–Kier alpha value is -3.61. The number of aryl methyl sites for hydroxylation is 1. The molecule has 7 heteroatoms. The van der Waals surface area contributed by atoms with Crippen molar-refractivity contribution in [2.75, 3.05) is 26.0 Å². The molecule has 6 nitrogen and oxygen atoms in total. The van der Waals surface area contributed by atoms with Crippen LogP contribution in [0.5, 0.6) is 5.75 Å². The van der Waals surface area contributed by atoms with Crippen molar-refractivity contribution < 1.29 is 9.13 Å². The number of methoxy groups -OCH3 is 1. The zero-order valence-electron chi connectivity index (χ0n) is 17.5. The van der Waals surface area contributed by atoms with E-state index in [9.17, 15) is 4.39 Å². The Labute approximate surface area is 175 Å². The zero-order valence-corrected chi connectivity index (χ0v) is 17.5. The van der Waals surface area contributed by atoms with E-state index in [4.69, 9.17) is 4.74 Å². The molecule has 0 saturated heterocycles. The van der Waals surface area contributed by atoms with Crippen molar-refractivity contribution in [1.82, 2.24) is 15.0 Å². The van der Waals surface area contributed by atoms with E-state index in [-0.39, 0.29) is 5.69 Å². The van der Waals surface area contributed by atoms with Crippen LogP contribution in [0.1, 0.15) is 12.5 Å². The lowest BCUT2D eigenvalue weighted by Crippen LogP contribution is -2.06. The molecule has 0 unspecified atom stereocenters. The predicted octanol–water partition coefficient (Wildman–Crippen LogP) is 4.76. The Kier molecular flexibility index (Phi) is 6.51. The van der Waals surface area contributed by atoms with Gasteiger partial charge in [-0.15, -0.1) is 0 Å². The summed E-state index contributed by atoms with van der Waals surface area (Å²) in [6.07, 6.45) is 6.89. The van der Waals surface area contributed by atoms with Crippen LogP contribution in [0.25, 0.3) is 22.2 Å². The second-order valence-corrected chi connectivity index (χ2v) is 6.85. The van der Waals surface area contributed by atoms with E-state index in [0.717, 1.165) is 16.8 Å². The average Bonchev–Trinajstić information content (AvgIpc) is 2.75. The molecule has 3 aromatic rings. The summed E-state index contributed by atoms with van der Waals surface area (Å²) in [6, 6.07) is 5.00. The van der Waals surface area contributed by atoms with Gasteiger partial charge in [0, 0.05) is 36.5 Å². The van der Waals surface area contributed by atoms with Crippen LogP contribution in [0, 0.1) is 12.7 Å². The lowest BCUT2D eigenvalue weighted by Gasteiger charge is -2.13. The van der Waals surface area contributed by atoms with E-state index in [0.29, 0.717) is 34.6 Å². The number of ether oxygens (including phenoxy) is 1. The van der Waals surface area contributed by atoms with Crippen LogP contribution in [0.2, 0.25) is 0 Å². The van der Waals surface area contributed by atoms with Crippen LogP contribution in [-0.2, 0) is 0 Å².